The number of anilines is 1. The van der Waals surface area contributed by atoms with Gasteiger partial charge in [0.2, 0.25) is 5.91 Å². The van der Waals surface area contributed by atoms with E-state index in [4.69, 9.17) is 5.26 Å². The van der Waals surface area contributed by atoms with E-state index in [1.807, 2.05) is 41.3 Å². The van der Waals surface area contributed by atoms with Crippen LogP contribution in [0.25, 0.3) is 0 Å². The van der Waals surface area contributed by atoms with Gasteiger partial charge in [0.15, 0.2) is 0 Å². The summed E-state index contributed by atoms with van der Waals surface area (Å²) in [7, 11) is -2.12. The van der Waals surface area contributed by atoms with Gasteiger partial charge < -0.3 is 5.32 Å². The van der Waals surface area contributed by atoms with E-state index in [0.717, 1.165) is 9.99 Å². The molecule has 0 atom stereocenters. The van der Waals surface area contributed by atoms with Crippen LogP contribution in [-0.2, 0) is 15.0 Å². The molecule has 1 aliphatic rings. The molecule has 0 aliphatic carbocycles. The average Bonchev–Trinajstić information content (AvgIpc) is 2.61. The molecule has 1 amide bonds. The molecule has 1 aromatic rings. The van der Waals surface area contributed by atoms with Crippen LogP contribution < -0.4 is 10.0 Å². The lowest BCUT2D eigenvalue weighted by atomic mass is 10.1. The fourth-order valence-corrected chi connectivity index (χ4v) is 3.93. The second-order valence-corrected chi connectivity index (χ2v) is 8.13. The van der Waals surface area contributed by atoms with E-state index in [-0.39, 0.29) is 31.5 Å². The minimum Gasteiger partial charge on any atom is -0.325 e. The monoisotopic (exact) mass is 379 g/mol. The molecule has 9 heteroatoms. The first kappa shape index (κ1) is 20.3. The second-order valence-electron chi connectivity index (χ2n) is 6.32. The molecule has 26 heavy (non-hydrogen) atoms. The SMILES string of the molecule is CN(CCC#N)S(=O)(=O)NC1CCN(CC(=O)Nc2ccccc2)CC1. The van der Waals surface area contributed by atoms with Crippen molar-refractivity contribution in [3.63, 3.8) is 0 Å². The van der Waals surface area contributed by atoms with Crippen molar-refractivity contribution < 1.29 is 13.2 Å². The van der Waals surface area contributed by atoms with Crippen LogP contribution in [0.5, 0.6) is 0 Å². The predicted molar refractivity (Wildman–Crippen MR) is 99.4 cm³/mol. The number of carbonyl (C=O) groups is 1. The normalized spacial score (nSPS) is 16.3. The van der Waals surface area contributed by atoms with E-state index in [2.05, 4.69) is 10.0 Å². The summed E-state index contributed by atoms with van der Waals surface area (Å²) < 4.78 is 28.2. The fraction of sp³-hybridized carbons (Fsp3) is 0.529. The van der Waals surface area contributed by atoms with Crippen molar-refractivity contribution in [2.75, 3.05) is 38.5 Å². The maximum atomic E-state index is 12.2. The number of carbonyl (C=O) groups excluding carboxylic acids is 1. The average molecular weight is 379 g/mol. The van der Waals surface area contributed by atoms with Gasteiger partial charge in [0, 0.05) is 44.8 Å². The van der Waals surface area contributed by atoms with Crippen molar-refractivity contribution in [3.8, 4) is 6.07 Å². The molecule has 0 bridgehead atoms. The van der Waals surface area contributed by atoms with Gasteiger partial charge in [0.05, 0.1) is 12.6 Å². The standard InChI is InChI=1S/C17H25N5O3S/c1-21(11-5-10-18)26(24,25)20-16-8-12-22(13-9-16)14-17(23)19-15-6-3-2-4-7-15/h2-4,6-7,16,20H,5,8-9,11-14H2,1H3,(H,19,23). The van der Waals surface area contributed by atoms with Crippen LogP contribution in [0, 0.1) is 11.3 Å². The Morgan fingerprint density at radius 1 is 1.31 bits per heavy atom. The maximum absolute atomic E-state index is 12.2. The molecule has 2 rings (SSSR count). The third kappa shape index (κ3) is 6.38. The first-order chi connectivity index (χ1) is 12.4. The molecule has 0 aromatic heterocycles. The molecule has 1 aromatic carbocycles. The molecule has 2 N–H and O–H groups in total. The van der Waals surface area contributed by atoms with Crippen molar-refractivity contribution in [2.45, 2.75) is 25.3 Å². The summed E-state index contributed by atoms with van der Waals surface area (Å²) in [6.45, 7) is 1.76. The molecule has 0 spiro atoms. The minimum atomic E-state index is -3.58. The summed E-state index contributed by atoms with van der Waals surface area (Å²) in [5, 5.41) is 11.4. The van der Waals surface area contributed by atoms with Gasteiger partial charge in [-0.1, -0.05) is 18.2 Å². The summed E-state index contributed by atoms with van der Waals surface area (Å²) in [5.74, 6) is -0.0773. The number of nitrogens with one attached hydrogen (secondary N) is 2. The van der Waals surface area contributed by atoms with Gasteiger partial charge in [-0.3, -0.25) is 9.69 Å². The minimum absolute atomic E-state index is 0.0773. The van der Waals surface area contributed by atoms with E-state index < -0.39 is 10.2 Å². The smallest absolute Gasteiger partial charge is 0.279 e. The number of para-hydroxylation sites is 1. The van der Waals surface area contributed by atoms with Crippen LogP contribution in [-0.4, -0.2) is 62.8 Å². The quantitative estimate of drug-likeness (QED) is 0.694. The topological polar surface area (TPSA) is 106 Å². The van der Waals surface area contributed by atoms with E-state index in [1.165, 1.54) is 7.05 Å². The van der Waals surface area contributed by atoms with Crippen LogP contribution >= 0.6 is 0 Å². The van der Waals surface area contributed by atoms with E-state index in [1.54, 1.807) is 0 Å². The molecule has 142 valence electrons. The van der Waals surface area contributed by atoms with Gasteiger partial charge in [-0.2, -0.15) is 22.7 Å². The fourth-order valence-electron chi connectivity index (χ4n) is 2.76. The van der Waals surface area contributed by atoms with Crippen molar-refractivity contribution in [3.05, 3.63) is 30.3 Å². The zero-order chi connectivity index (χ0) is 19.0. The van der Waals surface area contributed by atoms with Crippen molar-refractivity contribution in [1.82, 2.24) is 13.9 Å². The van der Waals surface area contributed by atoms with Gasteiger partial charge in [-0.25, -0.2) is 0 Å². The summed E-state index contributed by atoms with van der Waals surface area (Å²) >= 11 is 0. The summed E-state index contributed by atoms with van der Waals surface area (Å²) in [6, 6.07) is 11.1. The summed E-state index contributed by atoms with van der Waals surface area (Å²) in [6.07, 6.45) is 1.44. The highest BCUT2D eigenvalue weighted by Crippen LogP contribution is 2.13. The Balaban J connectivity index is 1.75. The van der Waals surface area contributed by atoms with Gasteiger partial charge in [0.1, 0.15) is 0 Å². The van der Waals surface area contributed by atoms with Crippen LogP contribution in [0.4, 0.5) is 5.69 Å². The Labute approximate surface area is 155 Å². The summed E-state index contributed by atoms with van der Waals surface area (Å²) in [4.78, 5) is 14.1. The second kappa shape index (κ2) is 9.64. The third-order valence-electron chi connectivity index (χ3n) is 4.28. The van der Waals surface area contributed by atoms with Gasteiger partial charge in [0.25, 0.3) is 10.2 Å². The number of amides is 1. The largest absolute Gasteiger partial charge is 0.325 e. The summed E-state index contributed by atoms with van der Waals surface area (Å²) in [5.41, 5.74) is 0.764. The predicted octanol–water partition coefficient (Wildman–Crippen LogP) is 0.769. The third-order valence-corrected chi connectivity index (χ3v) is 5.91. The lowest BCUT2D eigenvalue weighted by Crippen LogP contribution is -2.49. The molecule has 1 heterocycles. The number of hydrogen-bond donors (Lipinski definition) is 2. The maximum Gasteiger partial charge on any atom is 0.279 e. The van der Waals surface area contributed by atoms with Crippen LogP contribution in [0.2, 0.25) is 0 Å². The lowest BCUT2D eigenvalue weighted by Gasteiger charge is -2.32. The highest BCUT2D eigenvalue weighted by Gasteiger charge is 2.26. The molecule has 1 saturated heterocycles. The highest BCUT2D eigenvalue weighted by atomic mass is 32.2. The van der Waals surface area contributed by atoms with Gasteiger partial charge in [-0.15, -0.1) is 0 Å². The number of nitriles is 1. The van der Waals surface area contributed by atoms with Crippen LogP contribution in [0.15, 0.2) is 30.3 Å². The molecule has 0 radical (unpaired) electrons. The number of hydrogen-bond acceptors (Lipinski definition) is 5. The van der Waals surface area contributed by atoms with E-state index >= 15 is 0 Å². The Morgan fingerprint density at radius 3 is 2.58 bits per heavy atom. The van der Waals surface area contributed by atoms with E-state index in [0.29, 0.717) is 25.9 Å². The number of piperidine rings is 1. The first-order valence-corrected chi connectivity index (χ1v) is 10.0. The Bertz CT molecular complexity index is 725. The molecule has 1 aliphatic heterocycles. The number of nitrogens with zero attached hydrogens (tertiary/aromatic N) is 3. The zero-order valence-corrected chi connectivity index (χ0v) is 15.7. The van der Waals surface area contributed by atoms with Crippen LogP contribution in [0.1, 0.15) is 19.3 Å². The Hall–Kier alpha value is -1.99. The lowest BCUT2D eigenvalue weighted by molar-refractivity contribution is -0.117. The van der Waals surface area contributed by atoms with Crippen molar-refractivity contribution in [1.29, 1.82) is 5.26 Å². The van der Waals surface area contributed by atoms with Gasteiger partial charge >= 0.3 is 0 Å². The Kier molecular flexibility index (Phi) is 7.53. The molecule has 0 saturated carbocycles. The van der Waals surface area contributed by atoms with Crippen molar-refractivity contribution >= 4 is 21.8 Å². The molecular formula is C17H25N5O3S. The highest BCUT2D eigenvalue weighted by molar-refractivity contribution is 7.87. The van der Waals surface area contributed by atoms with Crippen molar-refractivity contribution in [2.24, 2.45) is 0 Å². The molecule has 8 nitrogen and oxygen atoms in total. The molecule has 1 fully saturated rings. The van der Waals surface area contributed by atoms with E-state index in [9.17, 15) is 13.2 Å². The zero-order valence-electron chi connectivity index (χ0n) is 14.9. The van der Waals surface area contributed by atoms with Crippen LogP contribution in [0.3, 0.4) is 0 Å². The number of benzene rings is 1. The first-order valence-electron chi connectivity index (χ1n) is 8.58. The number of rotatable bonds is 8. The Morgan fingerprint density at radius 2 is 1.96 bits per heavy atom. The number of likely N-dealkylation sites (tertiary alicyclic amines) is 1. The van der Waals surface area contributed by atoms with Gasteiger partial charge in [-0.05, 0) is 25.0 Å². The molecule has 0 unspecified atom stereocenters. The molecular weight excluding hydrogens is 354 g/mol.